The van der Waals surface area contributed by atoms with E-state index in [2.05, 4.69) is 15.5 Å². The number of thiazole rings is 1. The Labute approximate surface area is 208 Å². The minimum absolute atomic E-state index is 0.0621. The number of aromatic nitrogens is 1. The maximum atomic E-state index is 12.8. The number of aromatic carboxylic acids is 1. The summed E-state index contributed by atoms with van der Waals surface area (Å²) in [6.07, 6.45) is 0.127. The number of nitrogens with one attached hydrogen (secondary N) is 1. The van der Waals surface area contributed by atoms with Crippen LogP contribution in [-0.4, -0.2) is 58.1 Å². The van der Waals surface area contributed by atoms with E-state index in [0.29, 0.717) is 15.7 Å². The fraction of sp³-hybridized carbons (Fsp3) is 0.182. The number of hydrogen-bond acceptors (Lipinski definition) is 10. The molecule has 4 rings (SSSR count). The molecule has 0 saturated carbocycles. The van der Waals surface area contributed by atoms with Gasteiger partial charge in [-0.3, -0.25) is 4.79 Å². The second kappa shape index (κ2) is 10.8. The normalized spacial score (nSPS) is 15.2. The van der Waals surface area contributed by atoms with Gasteiger partial charge in [-0.05, 0) is 35.7 Å². The van der Waals surface area contributed by atoms with Crippen LogP contribution < -0.4 is 14.7 Å². The Morgan fingerprint density at radius 3 is 2.77 bits per heavy atom. The summed E-state index contributed by atoms with van der Waals surface area (Å²) in [4.78, 5) is 28.6. The van der Waals surface area contributed by atoms with E-state index in [4.69, 9.17) is 9.39 Å². The monoisotopic (exact) mass is 513 g/mol. The highest BCUT2D eigenvalue weighted by Gasteiger charge is 2.38. The smallest absolute Gasteiger partial charge is 0.534 e. The van der Waals surface area contributed by atoms with Crippen LogP contribution in [0.25, 0.3) is 0 Å². The first-order valence-corrected chi connectivity index (χ1v) is 12.2. The molecule has 1 unspecified atom stereocenters. The van der Waals surface area contributed by atoms with Crippen LogP contribution in [0.4, 0.5) is 0 Å². The molecule has 1 aliphatic rings. The van der Waals surface area contributed by atoms with Crippen LogP contribution >= 0.6 is 23.1 Å². The lowest BCUT2D eigenvalue weighted by Gasteiger charge is -2.28. The quantitative estimate of drug-likeness (QED) is 0.117. The van der Waals surface area contributed by atoms with Gasteiger partial charge < -0.3 is 30.0 Å². The molecule has 35 heavy (non-hydrogen) atoms. The zero-order valence-corrected chi connectivity index (χ0v) is 20.0. The number of methoxy groups -OCH3 is 1. The summed E-state index contributed by atoms with van der Waals surface area (Å²) >= 11 is 2.77. The summed E-state index contributed by atoms with van der Waals surface area (Å²) in [7, 11) is 0.117. The van der Waals surface area contributed by atoms with Gasteiger partial charge in [0.05, 0.1) is 18.6 Å². The summed E-state index contributed by atoms with van der Waals surface area (Å²) < 4.78 is 11.2. The van der Waals surface area contributed by atoms with Gasteiger partial charge in [0.2, 0.25) is 0 Å². The molecule has 1 aliphatic heterocycles. The number of carbonyl (C=O) groups excluding carboxylic acids is 1. The lowest BCUT2D eigenvalue weighted by Crippen LogP contribution is -2.54. The van der Waals surface area contributed by atoms with Crippen LogP contribution in [0.1, 0.15) is 27.2 Å². The molecule has 0 radical (unpaired) electrons. The van der Waals surface area contributed by atoms with Gasteiger partial charge in [0.25, 0.3) is 5.91 Å². The third-order valence-corrected chi connectivity index (χ3v) is 7.32. The number of thioether (sulfide) groups is 1. The minimum atomic E-state index is -1.49. The SMILES string of the molecule is COc1ccc(CSc2nc(C(=NO)C(=O)NC3Cc4cccc(C(=O)O)c4OB3O)cs2)cc1. The molecule has 1 atom stereocenters. The van der Waals surface area contributed by atoms with Crippen molar-refractivity contribution in [3.63, 3.8) is 0 Å². The third-order valence-electron chi connectivity index (χ3n) is 5.23. The molecule has 180 valence electrons. The number of nitrogens with zero attached hydrogens (tertiary/aromatic N) is 2. The maximum absolute atomic E-state index is 12.8. The fourth-order valence-electron chi connectivity index (χ4n) is 3.46. The standard InChI is InChI=1S/C22H20BN3O7S2/c1-32-14-7-5-12(6-8-14)10-34-22-24-16(11-35-22)18(26-31)20(27)25-17-9-13-3-2-4-15(21(28)29)19(13)33-23(17)30/h2-8,11,17,30-31H,9-10H2,1H3,(H,25,27)(H,28,29). The molecule has 10 nitrogen and oxygen atoms in total. The predicted octanol–water partition coefficient (Wildman–Crippen LogP) is 2.46. The number of amides is 1. The van der Waals surface area contributed by atoms with Crippen molar-refractivity contribution >= 4 is 47.8 Å². The van der Waals surface area contributed by atoms with Crippen molar-refractivity contribution in [1.29, 1.82) is 0 Å². The van der Waals surface area contributed by atoms with Crippen LogP contribution in [0.2, 0.25) is 0 Å². The summed E-state index contributed by atoms with van der Waals surface area (Å²) in [5, 5.41) is 36.4. The molecular weight excluding hydrogens is 493 g/mol. The zero-order valence-electron chi connectivity index (χ0n) is 18.4. The lowest BCUT2D eigenvalue weighted by molar-refractivity contribution is -0.115. The van der Waals surface area contributed by atoms with Crippen molar-refractivity contribution in [2.75, 3.05) is 7.11 Å². The molecular formula is C22H20BN3O7S2. The van der Waals surface area contributed by atoms with E-state index in [1.54, 1.807) is 24.6 Å². The van der Waals surface area contributed by atoms with E-state index in [0.717, 1.165) is 11.3 Å². The molecule has 1 amide bonds. The van der Waals surface area contributed by atoms with E-state index in [-0.39, 0.29) is 29.1 Å². The van der Waals surface area contributed by atoms with E-state index in [1.165, 1.54) is 29.2 Å². The van der Waals surface area contributed by atoms with Crippen LogP contribution in [0.3, 0.4) is 0 Å². The van der Waals surface area contributed by atoms with Gasteiger partial charge in [-0.25, -0.2) is 9.78 Å². The van der Waals surface area contributed by atoms with E-state index >= 15 is 0 Å². The first kappa shape index (κ1) is 24.6. The van der Waals surface area contributed by atoms with Crippen LogP contribution in [0, 0.1) is 0 Å². The van der Waals surface area contributed by atoms with Gasteiger partial charge in [0, 0.05) is 11.1 Å². The Morgan fingerprint density at radius 2 is 2.09 bits per heavy atom. The third kappa shape index (κ3) is 5.58. The maximum Gasteiger partial charge on any atom is 0.547 e. The number of fused-ring (bicyclic) bond motifs is 1. The van der Waals surface area contributed by atoms with Crippen molar-refractivity contribution in [3.8, 4) is 11.5 Å². The second-order valence-electron chi connectivity index (χ2n) is 7.48. The molecule has 3 aromatic rings. The Balaban J connectivity index is 1.40. The molecule has 2 heterocycles. The predicted molar refractivity (Wildman–Crippen MR) is 131 cm³/mol. The molecule has 0 spiro atoms. The van der Waals surface area contributed by atoms with Crippen molar-refractivity contribution in [2.45, 2.75) is 22.5 Å². The van der Waals surface area contributed by atoms with Gasteiger partial charge in [-0.15, -0.1) is 11.3 Å². The zero-order chi connectivity index (χ0) is 24.9. The highest BCUT2D eigenvalue weighted by molar-refractivity contribution is 8.00. The average molecular weight is 513 g/mol. The molecule has 0 fully saturated rings. The largest absolute Gasteiger partial charge is 0.547 e. The number of ether oxygens (including phenoxy) is 1. The van der Waals surface area contributed by atoms with Crippen molar-refractivity contribution in [3.05, 3.63) is 70.2 Å². The summed E-state index contributed by atoms with van der Waals surface area (Å²) in [5.74, 6) is -1.35. The first-order chi connectivity index (χ1) is 16.9. The van der Waals surface area contributed by atoms with Crippen molar-refractivity contribution in [1.82, 2.24) is 10.3 Å². The lowest BCUT2D eigenvalue weighted by atomic mass is 9.72. The molecule has 0 bridgehead atoms. The van der Waals surface area contributed by atoms with Gasteiger partial charge in [0.15, 0.2) is 10.1 Å². The summed E-state index contributed by atoms with van der Waals surface area (Å²) in [5.41, 5.74) is 1.39. The number of hydrogen-bond donors (Lipinski definition) is 4. The molecule has 2 aromatic carbocycles. The minimum Gasteiger partial charge on any atom is -0.534 e. The van der Waals surface area contributed by atoms with Crippen molar-refractivity contribution < 1.29 is 34.3 Å². The number of carbonyl (C=O) groups is 2. The Hall–Kier alpha value is -3.55. The Morgan fingerprint density at radius 1 is 1.31 bits per heavy atom. The fourth-order valence-corrected chi connectivity index (χ4v) is 5.23. The van der Waals surface area contributed by atoms with E-state index in [1.807, 2.05) is 24.3 Å². The molecule has 4 N–H and O–H groups in total. The highest BCUT2D eigenvalue weighted by atomic mass is 32.2. The van der Waals surface area contributed by atoms with Gasteiger partial charge in [-0.1, -0.05) is 41.2 Å². The van der Waals surface area contributed by atoms with Crippen LogP contribution in [-0.2, 0) is 17.0 Å². The first-order valence-electron chi connectivity index (χ1n) is 10.3. The number of carboxylic acid groups (broad SMARTS) is 1. The molecule has 0 saturated heterocycles. The van der Waals surface area contributed by atoms with Crippen LogP contribution in [0.15, 0.2) is 57.3 Å². The number of oxime groups is 1. The second-order valence-corrected chi connectivity index (χ2v) is 9.56. The summed E-state index contributed by atoms with van der Waals surface area (Å²) in [6.45, 7) is 0. The van der Waals surface area contributed by atoms with Crippen LogP contribution in [0.5, 0.6) is 11.5 Å². The topological polar surface area (TPSA) is 151 Å². The number of rotatable bonds is 8. The number of para-hydroxylation sites is 1. The average Bonchev–Trinajstić information content (AvgIpc) is 3.32. The molecule has 0 aliphatic carbocycles. The van der Waals surface area contributed by atoms with Gasteiger partial charge >= 0.3 is 13.1 Å². The van der Waals surface area contributed by atoms with Gasteiger partial charge in [-0.2, -0.15) is 0 Å². The molecule has 13 heteroatoms. The number of carboxylic acids is 1. The van der Waals surface area contributed by atoms with Gasteiger partial charge in [0.1, 0.15) is 17.2 Å². The number of benzene rings is 2. The Bertz CT molecular complexity index is 1270. The highest BCUT2D eigenvalue weighted by Crippen LogP contribution is 2.30. The van der Waals surface area contributed by atoms with E-state index < -0.39 is 24.9 Å². The van der Waals surface area contributed by atoms with Crippen molar-refractivity contribution in [2.24, 2.45) is 5.16 Å². The molecule has 1 aromatic heterocycles. The summed E-state index contributed by atoms with van der Waals surface area (Å²) in [6, 6.07) is 12.2. The van der Waals surface area contributed by atoms with E-state index in [9.17, 15) is 24.9 Å². The Kier molecular flexibility index (Phi) is 7.59.